The van der Waals surface area contributed by atoms with Crippen molar-refractivity contribution in [2.75, 3.05) is 11.9 Å². The number of aliphatic hydroxyl groups excluding tert-OH is 1. The highest BCUT2D eigenvalue weighted by Gasteiger charge is 2.05. The van der Waals surface area contributed by atoms with Crippen LogP contribution in [-0.2, 0) is 13.2 Å². The van der Waals surface area contributed by atoms with E-state index in [1.165, 1.54) is 12.1 Å². The van der Waals surface area contributed by atoms with Gasteiger partial charge in [-0.2, -0.15) is 0 Å². The van der Waals surface area contributed by atoms with Gasteiger partial charge in [-0.15, -0.1) is 0 Å². The van der Waals surface area contributed by atoms with Gasteiger partial charge in [0, 0.05) is 22.3 Å². The van der Waals surface area contributed by atoms with Gasteiger partial charge in [-0.1, -0.05) is 22.0 Å². The van der Waals surface area contributed by atoms with Crippen molar-refractivity contribution in [3.63, 3.8) is 0 Å². The summed E-state index contributed by atoms with van der Waals surface area (Å²) in [4.78, 5) is 0. The molecule has 2 N–H and O–H groups in total. The summed E-state index contributed by atoms with van der Waals surface area (Å²) in [6, 6.07) is 10.2. The zero-order valence-electron chi connectivity index (χ0n) is 11.7. The summed E-state index contributed by atoms with van der Waals surface area (Å²) in [5, 5.41) is 12.6. The maximum absolute atomic E-state index is 13.0. The second kappa shape index (κ2) is 7.43. The number of nitrogens with one attached hydrogen (secondary N) is 1. The Hall–Kier alpha value is -1.59. The Balaban J connectivity index is 2.09. The largest absolute Gasteiger partial charge is 0.494 e. The average molecular weight is 354 g/mol. The number of ether oxygens (including phenoxy) is 1. The fraction of sp³-hybridized carbons (Fsp3) is 0.250. The highest BCUT2D eigenvalue weighted by atomic mass is 79.9. The van der Waals surface area contributed by atoms with Crippen LogP contribution in [0.5, 0.6) is 5.75 Å². The third-order valence-electron chi connectivity index (χ3n) is 3.03. The molecular formula is C16H17BrFNO2. The van der Waals surface area contributed by atoms with Crippen LogP contribution in [0, 0.1) is 5.82 Å². The Morgan fingerprint density at radius 3 is 2.67 bits per heavy atom. The molecule has 0 spiro atoms. The van der Waals surface area contributed by atoms with E-state index in [-0.39, 0.29) is 12.4 Å². The summed E-state index contributed by atoms with van der Waals surface area (Å²) in [5.41, 5.74) is 2.56. The van der Waals surface area contributed by atoms with Crippen molar-refractivity contribution in [3.05, 3.63) is 57.8 Å². The number of benzene rings is 2. The third kappa shape index (κ3) is 4.19. The van der Waals surface area contributed by atoms with Gasteiger partial charge in [-0.3, -0.25) is 0 Å². The Kier molecular flexibility index (Phi) is 5.59. The molecule has 0 heterocycles. The minimum absolute atomic E-state index is 0.0783. The lowest BCUT2D eigenvalue weighted by molar-refractivity contribution is 0.267. The van der Waals surface area contributed by atoms with Crippen LogP contribution >= 0.6 is 15.9 Å². The van der Waals surface area contributed by atoms with Crippen molar-refractivity contribution >= 4 is 21.6 Å². The van der Waals surface area contributed by atoms with Crippen LogP contribution in [0.15, 0.2) is 40.9 Å². The Morgan fingerprint density at radius 2 is 2.00 bits per heavy atom. The van der Waals surface area contributed by atoms with Gasteiger partial charge >= 0.3 is 0 Å². The van der Waals surface area contributed by atoms with Crippen molar-refractivity contribution in [1.82, 2.24) is 0 Å². The monoisotopic (exact) mass is 353 g/mol. The highest BCUT2D eigenvalue weighted by molar-refractivity contribution is 9.10. The first-order valence-corrected chi connectivity index (χ1v) is 7.47. The Morgan fingerprint density at radius 1 is 1.19 bits per heavy atom. The third-order valence-corrected chi connectivity index (χ3v) is 3.77. The number of hydrogen-bond acceptors (Lipinski definition) is 3. The van der Waals surface area contributed by atoms with E-state index in [1.807, 2.05) is 25.1 Å². The summed E-state index contributed by atoms with van der Waals surface area (Å²) >= 11 is 3.34. The van der Waals surface area contributed by atoms with Crippen molar-refractivity contribution in [3.8, 4) is 5.75 Å². The molecule has 0 radical (unpaired) electrons. The zero-order chi connectivity index (χ0) is 15.2. The predicted molar refractivity (Wildman–Crippen MR) is 85.0 cm³/mol. The van der Waals surface area contributed by atoms with Crippen molar-refractivity contribution in [2.24, 2.45) is 0 Å². The van der Waals surface area contributed by atoms with Crippen LogP contribution in [0.1, 0.15) is 18.1 Å². The van der Waals surface area contributed by atoms with Gasteiger partial charge in [0.1, 0.15) is 11.6 Å². The number of halogens is 2. The van der Waals surface area contributed by atoms with Crippen LogP contribution in [0.25, 0.3) is 0 Å². The molecule has 21 heavy (non-hydrogen) atoms. The zero-order valence-corrected chi connectivity index (χ0v) is 13.3. The van der Waals surface area contributed by atoms with E-state index in [4.69, 9.17) is 4.74 Å². The average Bonchev–Trinajstić information content (AvgIpc) is 2.47. The SMILES string of the molecule is CCOc1ccc(NCc2ccc(F)cc2Br)cc1CO. The Bertz CT molecular complexity index is 619. The van der Waals surface area contributed by atoms with Crippen LogP contribution in [0.4, 0.5) is 10.1 Å². The van der Waals surface area contributed by atoms with Crippen molar-refractivity contribution in [1.29, 1.82) is 0 Å². The van der Waals surface area contributed by atoms with Crippen LogP contribution in [0.2, 0.25) is 0 Å². The van der Waals surface area contributed by atoms with Gasteiger partial charge in [0.15, 0.2) is 0 Å². The molecule has 2 rings (SSSR count). The summed E-state index contributed by atoms with van der Waals surface area (Å²) < 4.78 is 19.2. The van der Waals surface area contributed by atoms with E-state index in [1.54, 1.807) is 6.07 Å². The Labute approximate surface area is 131 Å². The van der Waals surface area contributed by atoms with Gasteiger partial charge in [0.25, 0.3) is 0 Å². The molecular weight excluding hydrogens is 337 g/mol. The molecule has 0 amide bonds. The molecule has 0 aliphatic rings. The number of rotatable bonds is 6. The first kappa shape index (κ1) is 15.8. The van der Waals surface area contributed by atoms with Crippen molar-refractivity contribution < 1.29 is 14.2 Å². The molecule has 0 fully saturated rings. The number of anilines is 1. The molecule has 0 saturated carbocycles. The summed E-state index contributed by atoms with van der Waals surface area (Å²) in [6.07, 6.45) is 0. The lowest BCUT2D eigenvalue weighted by Crippen LogP contribution is -2.02. The molecule has 2 aromatic carbocycles. The summed E-state index contributed by atoms with van der Waals surface area (Å²) in [7, 11) is 0. The molecule has 112 valence electrons. The molecule has 0 aromatic heterocycles. The molecule has 2 aromatic rings. The lowest BCUT2D eigenvalue weighted by atomic mass is 10.1. The van der Waals surface area contributed by atoms with E-state index >= 15 is 0 Å². The van der Waals surface area contributed by atoms with E-state index in [2.05, 4.69) is 21.2 Å². The molecule has 0 saturated heterocycles. The second-order valence-corrected chi connectivity index (χ2v) is 5.36. The van der Waals surface area contributed by atoms with Gasteiger partial charge in [0.2, 0.25) is 0 Å². The first-order chi connectivity index (χ1) is 10.1. The summed E-state index contributed by atoms with van der Waals surface area (Å²) in [5.74, 6) is 0.419. The predicted octanol–water partition coefficient (Wildman–Crippen LogP) is 4.09. The van der Waals surface area contributed by atoms with Gasteiger partial charge < -0.3 is 15.2 Å². The molecule has 0 atom stereocenters. The lowest BCUT2D eigenvalue weighted by Gasteiger charge is -2.12. The fourth-order valence-corrected chi connectivity index (χ4v) is 2.46. The minimum Gasteiger partial charge on any atom is -0.494 e. The van der Waals surface area contributed by atoms with E-state index < -0.39 is 0 Å². The topological polar surface area (TPSA) is 41.5 Å². The van der Waals surface area contributed by atoms with Crippen LogP contribution in [-0.4, -0.2) is 11.7 Å². The molecule has 0 aliphatic heterocycles. The van der Waals surface area contributed by atoms with E-state index in [0.717, 1.165) is 21.3 Å². The van der Waals surface area contributed by atoms with Crippen LogP contribution < -0.4 is 10.1 Å². The maximum Gasteiger partial charge on any atom is 0.124 e. The maximum atomic E-state index is 13.0. The molecule has 0 unspecified atom stereocenters. The molecule has 3 nitrogen and oxygen atoms in total. The molecule has 0 aliphatic carbocycles. The van der Waals surface area contributed by atoms with E-state index in [0.29, 0.717) is 18.9 Å². The molecule has 5 heteroatoms. The minimum atomic E-state index is -0.269. The number of hydrogen-bond donors (Lipinski definition) is 2. The van der Waals surface area contributed by atoms with Gasteiger partial charge in [-0.25, -0.2) is 4.39 Å². The quantitative estimate of drug-likeness (QED) is 0.821. The number of aliphatic hydroxyl groups is 1. The highest BCUT2D eigenvalue weighted by Crippen LogP contribution is 2.24. The van der Waals surface area contributed by atoms with Gasteiger partial charge in [-0.05, 0) is 42.8 Å². The van der Waals surface area contributed by atoms with Gasteiger partial charge in [0.05, 0.1) is 13.2 Å². The standard InChI is InChI=1S/C16H17BrFNO2/c1-2-21-16-6-5-14(7-12(16)10-20)19-9-11-3-4-13(18)8-15(11)17/h3-8,19-20H,2,9-10H2,1H3. The fourth-order valence-electron chi connectivity index (χ4n) is 1.97. The summed E-state index contributed by atoms with van der Waals surface area (Å²) in [6.45, 7) is 2.94. The first-order valence-electron chi connectivity index (χ1n) is 6.68. The van der Waals surface area contributed by atoms with Crippen molar-refractivity contribution in [2.45, 2.75) is 20.1 Å². The normalized spacial score (nSPS) is 10.5. The second-order valence-electron chi connectivity index (χ2n) is 4.50. The smallest absolute Gasteiger partial charge is 0.124 e. The van der Waals surface area contributed by atoms with Crippen LogP contribution in [0.3, 0.4) is 0 Å². The molecule has 0 bridgehead atoms. The van der Waals surface area contributed by atoms with E-state index in [9.17, 15) is 9.50 Å².